The number of nitrogens with one attached hydrogen (secondary N) is 1. The van der Waals surface area contributed by atoms with Crippen LogP contribution in [0.5, 0.6) is 0 Å². The lowest BCUT2D eigenvalue weighted by atomic mass is 10.1. The zero-order chi connectivity index (χ0) is 15.4. The van der Waals surface area contributed by atoms with Crippen molar-refractivity contribution in [1.29, 1.82) is 0 Å². The second-order valence-corrected chi connectivity index (χ2v) is 8.18. The SMILES string of the molecule is CCCC1NC(c2ccsc2)N(CCC(C)S(C)=O)C1=O. The lowest BCUT2D eigenvalue weighted by Crippen LogP contribution is -2.33. The molecule has 1 fully saturated rings. The normalized spacial score (nSPS) is 25.3. The molecule has 1 aliphatic rings. The summed E-state index contributed by atoms with van der Waals surface area (Å²) < 4.78 is 11.5. The summed E-state index contributed by atoms with van der Waals surface area (Å²) in [5.41, 5.74) is 1.15. The summed E-state index contributed by atoms with van der Waals surface area (Å²) in [5.74, 6) is 0.183. The fourth-order valence-corrected chi connectivity index (χ4v) is 3.72. The van der Waals surface area contributed by atoms with Crippen LogP contribution in [0.2, 0.25) is 0 Å². The quantitative estimate of drug-likeness (QED) is 0.837. The molecule has 4 atom stereocenters. The zero-order valence-electron chi connectivity index (χ0n) is 12.9. The molecule has 1 saturated heterocycles. The minimum atomic E-state index is -0.838. The van der Waals surface area contributed by atoms with E-state index in [-0.39, 0.29) is 23.4 Å². The van der Waals surface area contributed by atoms with Crippen LogP contribution >= 0.6 is 11.3 Å². The number of carbonyl (C=O) groups excluding carboxylic acids is 1. The third-order valence-corrected chi connectivity index (χ3v) is 6.10. The molecule has 1 aromatic rings. The Morgan fingerprint density at radius 2 is 2.29 bits per heavy atom. The maximum atomic E-state index is 12.6. The molecular weight excluding hydrogens is 304 g/mol. The summed E-state index contributed by atoms with van der Waals surface area (Å²) in [4.78, 5) is 14.5. The van der Waals surface area contributed by atoms with Gasteiger partial charge in [-0.25, -0.2) is 0 Å². The van der Waals surface area contributed by atoms with E-state index >= 15 is 0 Å². The summed E-state index contributed by atoms with van der Waals surface area (Å²) in [6.45, 7) is 4.74. The Morgan fingerprint density at radius 3 is 2.86 bits per heavy atom. The van der Waals surface area contributed by atoms with E-state index in [0.29, 0.717) is 6.54 Å². The van der Waals surface area contributed by atoms with Gasteiger partial charge in [-0.1, -0.05) is 20.3 Å². The monoisotopic (exact) mass is 328 g/mol. The van der Waals surface area contributed by atoms with E-state index in [4.69, 9.17) is 0 Å². The van der Waals surface area contributed by atoms with Gasteiger partial charge >= 0.3 is 0 Å². The highest BCUT2D eigenvalue weighted by atomic mass is 32.2. The molecule has 0 radical (unpaired) electrons. The number of thiophene rings is 1. The molecule has 4 nitrogen and oxygen atoms in total. The van der Waals surface area contributed by atoms with Crippen molar-refractivity contribution in [2.75, 3.05) is 12.8 Å². The number of hydrogen-bond acceptors (Lipinski definition) is 4. The number of rotatable bonds is 7. The standard InChI is InChI=1S/C15H24N2O2S2/c1-4-5-13-15(18)17(8-6-11(2)21(3)19)14(16-13)12-7-9-20-10-12/h7,9-11,13-14,16H,4-6,8H2,1-3H3. The molecule has 0 spiro atoms. The van der Waals surface area contributed by atoms with Crippen molar-refractivity contribution < 1.29 is 9.00 Å². The lowest BCUT2D eigenvalue weighted by Gasteiger charge is -2.24. The summed E-state index contributed by atoms with van der Waals surface area (Å²) in [6.07, 6.45) is 4.33. The zero-order valence-corrected chi connectivity index (χ0v) is 14.5. The molecule has 2 rings (SSSR count). The van der Waals surface area contributed by atoms with Crippen LogP contribution in [0.4, 0.5) is 0 Å². The van der Waals surface area contributed by atoms with Gasteiger partial charge < -0.3 is 4.90 Å². The van der Waals surface area contributed by atoms with Crippen molar-refractivity contribution in [2.24, 2.45) is 0 Å². The number of carbonyl (C=O) groups is 1. The molecule has 1 aromatic heterocycles. The first-order valence-corrected chi connectivity index (χ1v) is 10.0. The average molecular weight is 329 g/mol. The minimum absolute atomic E-state index is 0.0298. The molecular formula is C15H24N2O2S2. The van der Waals surface area contributed by atoms with Gasteiger partial charge in [-0.2, -0.15) is 11.3 Å². The summed E-state index contributed by atoms with van der Waals surface area (Å²) in [5, 5.41) is 7.70. The molecule has 0 aromatic carbocycles. The van der Waals surface area contributed by atoms with Crippen molar-refractivity contribution in [2.45, 2.75) is 50.6 Å². The molecule has 118 valence electrons. The maximum absolute atomic E-state index is 12.6. The Balaban J connectivity index is 2.09. The van der Waals surface area contributed by atoms with Crippen LogP contribution in [0, 0.1) is 0 Å². The van der Waals surface area contributed by atoms with Crippen molar-refractivity contribution in [3.8, 4) is 0 Å². The molecule has 1 amide bonds. The highest BCUT2D eigenvalue weighted by Gasteiger charge is 2.38. The van der Waals surface area contributed by atoms with Crippen LogP contribution < -0.4 is 5.32 Å². The van der Waals surface area contributed by atoms with Crippen LogP contribution in [-0.4, -0.2) is 39.1 Å². The van der Waals surface area contributed by atoms with E-state index in [1.807, 2.05) is 17.2 Å². The number of amides is 1. The van der Waals surface area contributed by atoms with Crippen molar-refractivity contribution in [3.05, 3.63) is 22.4 Å². The predicted octanol–water partition coefficient (Wildman–Crippen LogP) is 2.50. The molecule has 0 bridgehead atoms. The average Bonchev–Trinajstić information content (AvgIpc) is 3.06. The predicted molar refractivity (Wildman–Crippen MR) is 88.8 cm³/mol. The van der Waals surface area contributed by atoms with Gasteiger partial charge in [0.15, 0.2) is 0 Å². The molecule has 4 unspecified atom stereocenters. The van der Waals surface area contributed by atoms with Gasteiger partial charge in [0.1, 0.15) is 6.17 Å². The second kappa shape index (κ2) is 7.51. The summed E-state index contributed by atoms with van der Waals surface area (Å²) >= 11 is 1.65. The van der Waals surface area contributed by atoms with E-state index in [0.717, 1.165) is 24.8 Å². The molecule has 21 heavy (non-hydrogen) atoms. The van der Waals surface area contributed by atoms with E-state index in [9.17, 15) is 9.00 Å². The number of hydrogen-bond donors (Lipinski definition) is 1. The van der Waals surface area contributed by atoms with E-state index in [2.05, 4.69) is 23.7 Å². The smallest absolute Gasteiger partial charge is 0.241 e. The molecule has 1 N–H and O–H groups in total. The fraction of sp³-hybridized carbons (Fsp3) is 0.667. The molecule has 6 heteroatoms. The van der Waals surface area contributed by atoms with Gasteiger partial charge in [0.05, 0.1) is 6.04 Å². The van der Waals surface area contributed by atoms with E-state index < -0.39 is 10.8 Å². The van der Waals surface area contributed by atoms with Gasteiger partial charge in [0.2, 0.25) is 5.91 Å². The van der Waals surface area contributed by atoms with Gasteiger partial charge in [-0.15, -0.1) is 0 Å². The lowest BCUT2D eigenvalue weighted by molar-refractivity contribution is -0.130. The van der Waals surface area contributed by atoms with Gasteiger partial charge in [0.25, 0.3) is 0 Å². The molecule has 0 aliphatic carbocycles. The Morgan fingerprint density at radius 1 is 1.52 bits per heavy atom. The Labute approximate surface area is 133 Å². The largest absolute Gasteiger partial charge is 0.321 e. The van der Waals surface area contributed by atoms with Gasteiger partial charge in [-0.3, -0.25) is 14.3 Å². The van der Waals surface area contributed by atoms with Crippen molar-refractivity contribution in [3.63, 3.8) is 0 Å². The third-order valence-electron chi connectivity index (χ3n) is 4.03. The van der Waals surface area contributed by atoms with E-state index in [1.54, 1.807) is 17.6 Å². The van der Waals surface area contributed by atoms with Crippen LogP contribution in [0.25, 0.3) is 0 Å². The van der Waals surface area contributed by atoms with Crippen LogP contribution in [0.15, 0.2) is 16.8 Å². The summed E-state index contributed by atoms with van der Waals surface area (Å²) in [6, 6.07) is 1.99. The number of nitrogens with zero attached hydrogens (tertiary/aromatic N) is 1. The van der Waals surface area contributed by atoms with Crippen molar-refractivity contribution >= 4 is 28.0 Å². The van der Waals surface area contributed by atoms with Crippen LogP contribution in [0.1, 0.15) is 44.8 Å². The van der Waals surface area contributed by atoms with Crippen molar-refractivity contribution in [1.82, 2.24) is 10.2 Å². The van der Waals surface area contributed by atoms with Crippen LogP contribution in [-0.2, 0) is 15.6 Å². The third kappa shape index (κ3) is 3.93. The van der Waals surface area contributed by atoms with E-state index in [1.165, 1.54) is 0 Å². The first-order valence-electron chi connectivity index (χ1n) is 7.45. The first kappa shape index (κ1) is 16.6. The van der Waals surface area contributed by atoms with Gasteiger partial charge in [0, 0.05) is 28.9 Å². The Hall–Kier alpha value is -0.720. The first-order chi connectivity index (χ1) is 10.0. The van der Waals surface area contributed by atoms with Crippen LogP contribution in [0.3, 0.4) is 0 Å². The molecule has 2 heterocycles. The highest BCUT2D eigenvalue weighted by Crippen LogP contribution is 2.28. The Kier molecular flexibility index (Phi) is 5.96. The summed E-state index contributed by atoms with van der Waals surface area (Å²) in [7, 11) is -0.838. The fourth-order valence-electron chi connectivity index (χ4n) is 2.61. The topological polar surface area (TPSA) is 49.4 Å². The maximum Gasteiger partial charge on any atom is 0.241 e. The minimum Gasteiger partial charge on any atom is -0.321 e. The molecule has 1 aliphatic heterocycles. The highest BCUT2D eigenvalue weighted by molar-refractivity contribution is 7.84. The molecule has 0 saturated carbocycles. The second-order valence-electron chi connectivity index (χ2n) is 5.60. The Bertz CT molecular complexity index is 490. The van der Waals surface area contributed by atoms with Gasteiger partial charge in [-0.05, 0) is 35.2 Å².